The molecule has 0 radical (unpaired) electrons. The van der Waals surface area contributed by atoms with E-state index in [1.165, 1.54) is 26.2 Å². The first kappa shape index (κ1) is 33.2. The van der Waals surface area contributed by atoms with Crippen molar-refractivity contribution in [2.24, 2.45) is 0 Å². The molecule has 7 nitrogen and oxygen atoms in total. The molecule has 254 valence electrons. The van der Waals surface area contributed by atoms with Gasteiger partial charge in [-0.1, -0.05) is 47.5 Å². The van der Waals surface area contributed by atoms with Gasteiger partial charge in [-0.15, -0.1) is 0 Å². The predicted molar refractivity (Wildman–Crippen MR) is 201 cm³/mol. The van der Waals surface area contributed by atoms with Gasteiger partial charge >= 0.3 is 0 Å². The van der Waals surface area contributed by atoms with Crippen molar-refractivity contribution in [2.45, 2.75) is 4.90 Å². The number of hydrogen-bond donors (Lipinski definition) is 1. The fraction of sp³-hybridized carbons (Fsp3) is 0.0526. The molecular weight excluding hydrogens is 731 g/mol. The molecule has 51 heavy (non-hydrogen) atoms. The van der Waals surface area contributed by atoms with Gasteiger partial charge in [-0.3, -0.25) is 4.57 Å². The summed E-state index contributed by atoms with van der Waals surface area (Å²) >= 11 is 14.9. The van der Waals surface area contributed by atoms with Crippen molar-refractivity contribution < 1.29 is 17.2 Å². The average Bonchev–Trinajstić information content (AvgIpc) is 3.90. The summed E-state index contributed by atoms with van der Waals surface area (Å²) in [6.45, 7) is 0. The summed E-state index contributed by atoms with van der Waals surface area (Å²) in [6, 6.07) is 20.2. The number of sulfonamides is 1. The van der Waals surface area contributed by atoms with Gasteiger partial charge in [0.2, 0.25) is 10.0 Å². The molecule has 3 aromatic carbocycles. The Morgan fingerprint density at radius 1 is 0.784 bits per heavy atom. The Hall–Kier alpha value is -4.91. The Morgan fingerprint density at radius 2 is 1.55 bits per heavy atom. The normalized spacial score (nSPS) is 12.1. The number of halogens is 4. The van der Waals surface area contributed by atoms with Gasteiger partial charge in [0, 0.05) is 83.0 Å². The van der Waals surface area contributed by atoms with E-state index in [1.807, 2.05) is 29.0 Å². The van der Waals surface area contributed by atoms with Crippen LogP contribution in [0.25, 0.3) is 72.3 Å². The van der Waals surface area contributed by atoms with E-state index >= 15 is 4.39 Å². The number of pyridine rings is 2. The van der Waals surface area contributed by atoms with Crippen molar-refractivity contribution in [1.29, 1.82) is 0 Å². The first-order chi connectivity index (χ1) is 24.5. The number of nitrogens with one attached hydrogen (secondary N) is 1. The van der Waals surface area contributed by atoms with E-state index in [2.05, 4.69) is 9.97 Å². The summed E-state index contributed by atoms with van der Waals surface area (Å²) in [5.41, 5.74) is 6.24. The van der Waals surface area contributed by atoms with E-state index in [1.54, 1.807) is 83.2 Å². The van der Waals surface area contributed by atoms with Crippen LogP contribution >= 0.6 is 34.5 Å². The molecular formula is C38H25Cl2F2N5O2S2. The van der Waals surface area contributed by atoms with E-state index in [9.17, 15) is 12.8 Å². The average molecular weight is 757 g/mol. The molecule has 13 heteroatoms. The molecule has 0 aliphatic heterocycles. The number of benzene rings is 3. The molecule has 0 aliphatic rings. The number of aromatic nitrogens is 4. The molecule has 0 unspecified atom stereocenters. The minimum absolute atomic E-state index is 0.0941. The summed E-state index contributed by atoms with van der Waals surface area (Å²) in [7, 11) is -0.771. The number of hydrogen-bond acceptors (Lipinski definition) is 5. The fourth-order valence-corrected chi connectivity index (χ4v) is 8.27. The molecule has 0 aliphatic carbocycles. The van der Waals surface area contributed by atoms with Gasteiger partial charge in [0.05, 0.1) is 15.6 Å². The highest BCUT2D eigenvalue weighted by Gasteiger charge is 2.23. The zero-order valence-electron chi connectivity index (χ0n) is 26.8. The lowest BCUT2D eigenvalue weighted by atomic mass is 10.0. The van der Waals surface area contributed by atoms with Crippen LogP contribution < -0.4 is 0 Å². The Bertz CT molecular complexity index is 2760. The van der Waals surface area contributed by atoms with Crippen molar-refractivity contribution in [3.05, 3.63) is 130 Å². The maximum Gasteiger partial charge on any atom is 0.242 e. The molecule has 0 bridgehead atoms. The van der Waals surface area contributed by atoms with E-state index in [4.69, 9.17) is 28.2 Å². The zero-order chi connectivity index (χ0) is 35.6. The van der Waals surface area contributed by atoms with Gasteiger partial charge in [-0.25, -0.2) is 31.5 Å². The van der Waals surface area contributed by atoms with Gasteiger partial charge < -0.3 is 4.98 Å². The Labute approximate surface area is 305 Å². The Kier molecular flexibility index (Phi) is 8.28. The molecule has 8 aromatic rings. The predicted octanol–water partition coefficient (Wildman–Crippen LogP) is 10.5. The van der Waals surface area contributed by atoms with E-state index in [0.717, 1.165) is 20.8 Å². The first-order valence-electron chi connectivity index (χ1n) is 15.5. The SMILES string of the molecule is CN(C)S(=O)(=O)c1cccc(-c2cnc3c(c2)c(-c2cccc(F)c2Cl)cn3-c2ccc(-c3c[nH]c4ncc(-c5ccsc5)cc34)c(F)c2Cl)c1. The smallest absolute Gasteiger partial charge is 0.242 e. The summed E-state index contributed by atoms with van der Waals surface area (Å²) < 4.78 is 59.8. The minimum atomic E-state index is -3.70. The van der Waals surface area contributed by atoms with Gasteiger partial charge in [-0.2, -0.15) is 11.3 Å². The van der Waals surface area contributed by atoms with Crippen LogP contribution in [0.3, 0.4) is 0 Å². The third-order valence-corrected chi connectivity index (χ3v) is 12.1. The number of rotatable bonds is 7. The number of H-pyrrole nitrogens is 1. The second-order valence-electron chi connectivity index (χ2n) is 12.0. The van der Waals surface area contributed by atoms with Crippen molar-refractivity contribution >= 4 is 66.6 Å². The Balaban J connectivity index is 1.29. The lowest BCUT2D eigenvalue weighted by Gasteiger charge is -2.13. The largest absolute Gasteiger partial charge is 0.346 e. The van der Waals surface area contributed by atoms with Crippen LogP contribution in [-0.4, -0.2) is 46.3 Å². The number of thiophene rings is 1. The first-order valence-corrected chi connectivity index (χ1v) is 18.6. The number of fused-ring (bicyclic) bond motifs is 2. The van der Waals surface area contributed by atoms with E-state index < -0.39 is 21.7 Å². The molecule has 0 atom stereocenters. The van der Waals surface area contributed by atoms with Crippen LogP contribution in [0.5, 0.6) is 0 Å². The molecule has 0 amide bonds. The third kappa shape index (κ3) is 5.62. The zero-order valence-corrected chi connectivity index (χ0v) is 30.0. The number of nitrogens with zero attached hydrogens (tertiary/aromatic N) is 4. The molecule has 1 N–H and O–H groups in total. The third-order valence-electron chi connectivity index (χ3n) is 8.83. The lowest BCUT2D eigenvalue weighted by Crippen LogP contribution is -2.22. The molecule has 8 rings (SSSR count). The van der Waals surface area contributed by atoms with Crippen molar-refractivity contribution in [1.82, 2.24) is 23.8 Å². The fourth-order valence-electron chi connectivity index (χ4n) is 6.17. The summed E-state index contributed by atoms with van der Waals surface area (Å²) in [6.07, 6.45) is 6.77. The van der Waals surface area contributed by atoms with Crippen molar-refractivity contribution in [3.8, 4) is 50.2 Å². The van der Waals surface area contributed by atoms with E-state index in [0.29, 0.717) is 50.2 Å². The lowest BCUT2D eigenvalue weighted by molar-refractivity contribution is 0.521. The van der Waals surface area contributed by atoms with Gasteiger partial charge in [0.1, 0.15) is 22.1 Å². The van der Waals surface area contributed by atoms with Gasteiger partial charge in [-0.05, 0) is 70.4 Å². The molecule has 0 spiro atoms. The van der Waals surface area contributed by atoms with Crippen LogP contribution in [-0.2, 0) is 10.0 Å². The molecule has 0 saturated heterocycles. The molecule has 5 aromatic heterocycles. The van der Waals surface area contributed by atoms with Gasteiger partial charge in [0.15, 0.2) is 5.82 Å². The highest BCUT2D eigenvalue weighted by Crippen LogP contribution is 2.42. The summed E-state index contributed by atoms with van der Waals surface area (Å²) in [5, 5.41) is 5.07. The van der Waals surface area contributed by atoms with Crippen LogP contribution in [0, 0.1) is 11.6 Å². The monoisotopic (exact) mass is 755 g/mol. The highest BCUT2D eigenvalue weighted by molar-refractivity contribution is 7.89. The van der Waals surface area contributed by atoms with Crippen molar-refractivity contribution in [3.63, 3.8) is 0 Å². The van der Waals surface area contributed by atoms with Crippen LogP contribution in [0.4, 0.5) is 8.78 Å². The second kappa shape index (κ2) is 12.7. The second-order valence-corrected chi connectivity index (χ2v) is 15.7. The highest BCUT2D eigenvalue weighted by atomic mass is 35.5. The quantitative estimate of drug-likeness (QED) is 0.176. The van der Waals surface area contributed by atoms with Crippen molar-refractivity contribution in [2.75, 3.05) is 14.1 Å². The summed E-state index contributed by atoms with van der Waals surface area (Å²) in [4.78, 5) is 12.5. The van der Waals surface area contributed by atoms with Crippen LogP contribution in [0.1, 0.15) is 0 Å². The number of aromatic amines is 1. The summed E-state index contributed by atoms with van der Waals surface area (Å²) in [5.74, 6) is -1.25. The molecule has 0 fully saturated rings. The maximum absolute atomic E-state index is 16.4. The standard InChI is InChI=1S/C38H25Cl2F2N5O2S2/c1-46(2)51(48,49)25-6-3-5-21(13-25)23-15-29-31(26-7-4-8-32(41)34(26)39)19-47(38(29)45-17-23)33-10-9-27(36(42)35(33)40)30-18-44-37-28(30)14-24(16-43-37)22-11-12-50-20-22/h3-20H,1-2H3,(H,43,44). The molecule has 5 heterocycles. The van der Waals surface area contributed by atoms with Crippen LogP contribution in [0.2, 0.25) is 10.0 Å². The van der Waals surface area contributed by atoms with Crippen LogP contribution in [0.15, 0.2) is 113 Å². The maximum atomic E-state index is 16.4. The topological polar surface area (TPSA) is 83.9 Å². The minimum Gasteiger partial charge on any atom is -0.346 e. The molecule has 0 saturated carbocycles. The van der Waals surface area contributed by atoms with E-state index in [-0.39, 0.29) is 20.5 Å². The van der Waals surface area contributed by atoms with Gasteiger partial charge in [0.25, 0.3) is 0 Å². The Morgan fingerprint density at radius 3 is 2.33 bits per heavy atom.